The number of imidazole rings is 1. The molecule has 3 heterocycles. The molecule has 3 aromatic rings. The second kappa shape index (κ2) is 9.87. The van der Waals surface area contributed by atoms with Crippen molar-refractivity contribution in [3.05, 3.63) is 87.9 Å². The van der Waals surface area contributed by atoms with E-state index in [2.05, 4.69) is 20.9 Å². The van der Waals surface area contributed by atoms with Gasteiger partial charge in [-0.1, -0.05) is 22.0 Å². The number of aromatic nitrogens is 5. The lowest BCUT2D eigenvalue weighted by Crippen LogP contribution is -2.18. The Bertz CT molecular complexity index is 1250. The van der Waals surface area contributed by atoms with Gasteiger partial charge >= 0.3 is 0 Å². The summed E-state index contributed by atoms with van der Waals surface area (Å²) in [7, 11) is 1.65. The second-order valence-corrected chi connectivity index (χ2v) is 8.94. The van der Waals surface area contributed by atoms with Crippen LogP contribution in [-0.2, 0) is 11.3 Å². The fraction of sp³-hybridized carbons (Fsp3) is 0.320. The molecule has 2 aromatic heterocycles. The number of ether oxygens (including phenoxy) is 1. The first-order chi connectivity index (χ1) is 15.9. The highest BCUT2D eigenvalue weighted by Gasteiger charge is 2.28. The lowest BCUT2D eigenvalue weighted by Gasteiger charge is -2.22. The molecule has 0 unspecified atom stereocenters. The zero-order valence-corrected chi connectivity index (χ0v) is 20.8. The number of rotatable bonds is 6. The second-order valence-electron chi connectivity index (χ2n) is 8.02. The summed E-state index contributed by atoms with van der Waals surface area (Å²) in [6.07, 6.45) is 11.4. The number of hydrogen-bond acceptors (Lipinski definition) is 4. The number of methoxy groups -OCH3 is 1. The minimum Gasteiger partial charge on any atom is -0.499 e. The van der Waals surface area contributed by atoms with Crippen LogP contribution in [0.5, 0.6) is 0 Å². The Morgan fingerprint density at radius 3 is 2.82 bits per heavy atom. The molecule has 0 saturated heterocycles. The Kier molecular flexibility index (Phi) is 6.93. The number of benzene rings is 1. The molecule has 1 aromatic carbocycles. The SMILES string of the molecule is CC=C(/C=C\C(=C(/C)OC)n1cnc(C)c1)c1nc2n(n1)CCC[C@@H]2c1cc(Br)ccc1F. The lowest BCUT2D eigenvalue weighted by atomic mass is 9.91. The average Bonchev–Trinajstić information content (AvgIpc) is 3.44. The van der Waals surface area contributed by atoms with Crippen molar-refractivity contribution >= 4 is 27.2 Å². The molecule has 8 heteroatoms. The van der Waals surface area contributed by atoms with E-state index in [1.807, 2.05) is 60.5 Å². The molecular formula is C25H27BrFN5O. The summed E-state index contributed by atoms with van der Waals surface area (Å²) in [5.74, 6) is 1.85. The van der Waals surface area contributed by atoms with Crippen molar-refractivity contribution in [2.45, 2.75) is 46.1 Å². The topological polar surface area (TPSA) is 57.8 Å². The highest BCUT2D eigenvalue weighted by atomic mass is 79.9. The van der Waals surface area contributed by atoms with Gasteiger partial charge in [0.2, 0.25) is 0 Å². The van der Waals surface area contributed by atoms with Crippen molar-refractivity contribution in [2.24, 2.45) is 0 Å². The summed E-state index contributed by atoms with van der Waals surface area (Å²) in [6, 6.07) is 5.06. The van der Waals surface area contributed by atoms with Gasteiger partial charge in [-0.05, 0) is 69.5 Å². The van der Waals surface area contributed by atoms with Crippen molar-refractivity contribution in [1.82, 2.24) is 24.3 Å². The third-order valence-corrected chi connectivity index (χ3v) is 6.35. The van der Waals surface area contributed by atoms with Gasteiger partial charge in [0, 0.05) is 28.7 Å². The van der Waals surface area contributed by atoms with Crippen LogP contribution in [0.2, 0.25) is 0 Å². The predicted octanol–water partition coefficient (Wildman–Crippen LogP) is 6.10. The summed E-state index contributed by atoms with van der Waals surface area (Å²) in [4.78, 5) is 9.17. The van der Waals surface area contributed by atoms with Crippen molar-refractivity contribution in [3.8, 4) is 0 Å². The van der Waals surface area contributed by atoms with Crippen LogP contribution in [0.25, 0.3) is 11.3 Å². The van der Waals surface area contributed by atoms with Crippen molar-refractivity contribution in [1.29, 1.82) is 0 Å². The van der Waals surface area contributed by atoms with Gasteiger partial charge in [0.05, 0.1) is 24.8 Å². The van der Waals surface area contributed by atoms with Gasteiger partial charge in [-0.3, -0.25) is 0 Å². The van der Waals surface area contributed by atoms with Crippen molar-refractivity contribution < 1.29 is 9.13 Å². The molecule has 0 N–H and O–H groups in total. The van der Waals surface area contributed by atoms with Crippen LogP contribution in [0.4, 0.5) is 4.39 Å². The largest absolute Gasteiger partial charge is 0.499 e. The standard InChI is InChI=1S/C25H27BrFN5O/c1-5-18(8-11-23(17(3)33-4)31-14-16(2)28-15-31)24-29-25-20(7-6-12-32(25)30-24)21-13-19(26)9-10-22(21)27/h5,8-11,13-15,20H,6-7,12H2,1-4H3/b11-8-,18-5?,23-17-/t20-/m1/s1. The maximum atomic E-state index is 14.6. The molecule has 0 spiro atoms. The molecule has 1 atom stereocenters. The molecule has 172 valence electrons. The van der Waals surface area contributed by atoms with Crippen molar-refractivity contribution in [2.75, 3.05) is 7.11 Å². The number of fused-ring (bicyclic) bond motifs is 1. The van der Waals surface area contributed by atoms with E-state index in [4.69, 9.17) is 14.8 Å². The van der Waals surface area contributed by atoms with E-state index in [1.54, 1.807) is 19.5 Å². The van der Waals surface area contributed by atoms with Gasteiger partial charge in [-0.2, -0.15) is 5.10 Å². The fourth-order valence-corrected chi connectivity index (χ4v) is 4.44. The number of aryl methyl sites for hydroxylation is 2. The summed E-state index contributed by atoms with van der Waals surface area (Å²) in [6.45, 7) is 6.59. The third kappa shape index (κ3) is 4.85. The highest BCUT2D eigenvalue weighted by Crippen LogP contribution is 2.35. The first-order valence-electron chi connectivity index (χ1n) is 10.9. The van der Waals surface area contributed by atoms with E-state index in [0.717, 1.165) is 52.4 Å². The smallest absolute Gasteiger partial charge is 0.181 e. The lowest BCUT2D eigenvalue weighted by molar-refractivity contribution is 0.294. The molecule has 1 aliphatic rings. The molecule has 0 radical (unpaired) electrons. The molecular weight excluding hydrogens is 485 g/mol. The van der Waals surface area contributed by atoms with Crippen LogP contribution in [0.1, 0.15) is 55.5 Å². The minimum atomic E-state index is -0.215. The van der Waals surface area contributed by atoms with Crippen molar-refractivity contribution in [3.63, 3.8) is 0 Å². The Balaban J connectivity index is 1.68. The van der Waals surface area contributed by atoms with E-state index in [-0.39, 0.29) is 11.7 Å². The molecule has 4 rings (SSSR count). The Hall–Kier alpha value is -3.00. The normalized spacial score (nSPS) is 17.3. The van der Waals surface area contributed by atoms with Gasteiger partial charge in [-0.15, -0.1) is 0 Å². The first-order valence-corrected chi connectivity index (χ1v) is 11.7. The van der Waals surface area contributed by atoms with Crippen LogP contribution in [-0.4, -0.2) is 31.4 Å². The molecule has 0 bridgehead atoms. The summed E-state index contributed by atoms with van der Waals surface area (Å²) in [5, 5.41) is 4.75. The molecule has 0 fully saturated rings. The third-order valence-electron chi connectivity index (χ3n) is 5.85. The summed E-state index contributed by atoms with van der Waals surface area (Å²) < 4.78 is 24.8. The molecule has 0 saturated carbocycles. The molecule has 0 aliphatic carbocycles. The van der Waals surface area contributed by atoms with Crippen LogP contribution in [0, 0.1) is 12.7 Å². The van der Waals surface area contributed by atoms with Crippen LogP contribution in [0.15, 0.2) is 59.2 Å². The van der Waals surface area contributed by atoms with Crippen LogP contribution < -0.4 is 0 Å². The summed E-state index contributed by atoms with van der Waals surface area (Å²) >= 11 is 3.47. The van der Waals surface area contributed by atoms with Gasteiger partial charge in [-0.25, -0.2) is 19.0 Å². The Labute approximate surface area is 201 Å². The number of hydrogen-bond donors (Lipinski definition) is 0. The summed E-state index contributed by atoms with van der Waals surface area (Å²) in [5.41, 5.74) is 3.32. The number of halogens is 2. The van der Waals surface area contributed by atoms with E-state index in [1.165, 1.54) is 6.07 Å². The molecule has 1 aliphatic heterocycles. The van der Waals surface area contributed by atoms with Crippen LogP contribution in [0.3, 0.4) is 0 Å². The Morgan fingerprint density at radius 2 is 2.12 bits per heavy atom. The quantitative estimate of drug-likeness (QED) is 0.296. The van der Waals surface area contributed by atoms with Gasteiger partial charge in [0.25, 0.3) is 0 Å². The highest BCUT2D eigenvalue weighted by molar-refractivity contribution is 9.10. The van der Waals surface area contributed by atoms with E-state index in [9.17, 15) is 4.39 Å². The fourth-order valence-electron chi connectivity index (χ4n) is 4.06. The monoisotopic (exact) mass is 511 g/mol. The molecule has 0 amide bonds. The Morgan fingerprint density at radius 1 is 1.30 bits per heavy atom. The van der Waals surface area contributed by atoms with E-state index >= 15 is 0 Å². The maximum absolute atomic E-state index is 14.6. The van der Waals surface area contributed by atoms with Crippen LogP contribution >= 0.6 is 15.9 Å². The van der Waals surface area contributed by atoms with E-state index in [0.29, 0.717) is 11.4 Å². The molecule has 6 nitrogen and oxygen atoms in total. The van der Waals surface area contributed by atoms with Gasteiger partial charge in [0.15, 0.2) is 5.82 Å². The maximum Gasteiger partial charge on any atom is 0.181 e. The minimum absolute atomic E-state index is 0.125. The average molecular weight is 512 g/mol. The zero-order valence-electron chi connectivity index (χ0n) is 19.2. The predicted molar refractivity (Wildman–Crippen MR) is 131 cm³/mol. The number of allylic oxidation sites excluding steroid dienone is 6. The number of nitrogens with zero attached hydrogens (tertiary/aromatic N) is 5. The first kappa shape index (κ1) is 23.2. The zero-order chi connectivity index (χ0) is 23.5. The van der Waals surface area contributed by atoms with E-state index < -0.39 is 0 Å². The van der Waals surface area contributed by atoms with Gasteiger partial charge in [0.1, 0.15) is 17.4 Å². The van der Waals surface area contributed by atoms with Gasteiger partial charge < -0.3 is 9.30 Å². The molecule has 33 heavy (non-hydrogen) atoms.